The van der Waals surface area contributed by atoms with Crippen LogP contribution in [0.15, 0.2) is 60.7 Å². The predicted molar refractivity (Wildman–Crippen MR) is 107 cm³/mol. The molecule has 0 N–H and O–H groups in total. The largest absolute Gasteiger partial charge is 0.318 e. The maximum Gasteiger partial charge on any atom is 0.0714 e. The Labute approximate surface area is 148 Å². The number of aromatic nitrogens is 1. The Bertz CT molecular complexity index is 1150. The molecule has 1 heterocycles. The minimum Gasteiger partial charge on any atom is -0.318 e. The first-order valence-electron chi connectivity index (χ1n) is 8.86. The van der Waals surface area contributed by atoms with E-state index in [2.05, 4.69) is 98.3 Å². The molecule has 0 saturated heterocycles. The maximum atomic E-state index is 2.34. The van der Waals surface area contributed by atoms with Gasteiger partial charge >= 0.3 is 0 Å². The summed E-state index contributed by atoms with van der Waals surface area (Å²) in [6, 6.07) is 22.3. The number of nitrogens with zero attached hydrogens (tertiary/aromatic N) is 2. The summed E-state index contributed by atoms with van der Waals surface area (Å²) >= 11 is 0. The third-order valence-electron chi connectivity index (χ3n) is 5.76. The lowest BCUT2D eigenvalue weighted by Gasteiger charge is -2.21. The van der Waals surface area contributed by atoms with Gasteiger partial charge in [0, 0.05) is 30.3 Å². The van der Waals surface area contributed by atoms with Gasteiger partial charge in [-0.15, -0.1) is 0 Å². The molecular weight excluding hydrogens is 304 g/mol. The van der Waals surface area contributed by atoms with E-state index < -0.39 is 0 Å². The van der Waals surface area contributed by atoms with Crippen molar-refractivity contribution in [2.24, 2.45) is 0 Å². The fraction of sp³-hybridized carbons (Fsp3) is 0.217. The molecule has 25 heavy (non-hydrogen) atoms. The zero-order valence-electron chi connectivity index (χ0n) is 15.2. The summed E-state index contributed by atoms with van der Waals surface area (Å²) in [5, 5.41) is 4.87. The maximum absolute atomic E-state index is 2.34. The molecule has 0 fully saturated rings. The van der Waals surface area contributed by atoms with Crippen molar-refractivity contribution in [1.29, 1.82) is 0 Å². The van der Waals surface area contributed by atoms with Crippen LogP contribution in [0.1, 0.15) is 25.0 Å². The van der Waals surface area contributed by atoms with Gasteiger partial charge in [-0.05, 0) is 34.4 Å². The van der Waals surface area contributed by atoms with Gasteiger partial charge in [0.1, 0.15) is 0 Å². The second-order valence-corrected chi connectivity index (χ2v) is 7.73. The van der Waals surface area contributed by atoms with E-state index in [4.69, 9.17) is 0 Å². The quantitative estimate of drug-likeness (QED) is 0.461. The minimum absolute atomic E-state index is 0.0431. The van der Waals surface area contributed by atoms with E-state index in [-0.39, 0.29) is 5.41 Å². The van der Waals surface area contributed by atoms with E-state index in [1.54, 1.807) is 0 Å². The average molecular weight is 326 g/mol. The zero-order valence-corrected chi connectivity index (χ0v) is 15.2. The van der Waals surface area contributed by atoms with Crippen molar-refractivity contribution < 1.29 is 0 Å². The molecule has 2 heteroatoms. The lowest BCUT2D eigenvalue weighted by molar-refractivity contribution is 0.660. The van der Waals surface area contributed by atoms with Crippen LogP contribution >= 0.6 is 0 Å². The van der Waals surface area contributed by atoms with Gasteiger partial charge in [0.05, 0.1) is 11.0 Å². The van der Waals surface area contributed by atoms with E-state index in [1.807, 2.05) is 0 Å². The summed E-state index contributed by atoms with van der Waals surface area (Å²) in [5.74, 6) is 0. The number of para-hydroxylation sites is 1. The second-order valence-electron chi connectivity index (χ2n) is 7.73. The summed E-state index contributed by atoms with van der Waals surface area (Å²) in [4.78, 5) is 0. The molecule has 1 aliphatic rings. The highest BCUT2D eigenvalue weighted by atomic mass is 15.5. The first-order valence-corrected chi connectivity index (χ1v) is 8.86. The molecule has 0 bridgehead atoms. The van der Waals surface area contributed by atoms with Crippen molar-refractivity contribution in [2.75, 3.05) is 19.1 Å². The van der Waals surface area contributed by atoms with E-state index >= 15 is 0 Å². The Kier molecular flexibility index (Phi) is 2.72. The van der Waals surface area contributed by atoms with Crippen LogP contribution in [-0.2, 0) is 5.41 Å². The van der Waals surface area contributed by atoms with Crippen LogP contribution in [0.5, 0.6) is 0 Å². The van der Waals surface area contributed by atoms with Crippen molar-refractivity contribution >= 4 is 21.8 Å². The molecule has 0 amide bonds. The van der Waals surface area contributed by atoms with Gasteiger partial charge in [0.2, 0.25) is 0 Å². The molecule has 0 unspecified atom stereocenters. The average Bonchev–Trinajstić information content (AvgIpc) is 3.06. The van der Waals surface area contributed by atoms with Crippen molar-refractivity contribution in [2.45, 2.75) is 19.3 Å². The van der Waals surface area contributed by atoms with Crippen LogP contribution in [0.3, 0.4) is 0 Å². The second kappa shape index (κ2) is 4.66. The highest BCUT2D eigenvalue weighted by Gasteiger charge is 2.37. The van der Waals surface area contributed by atoms with Gasteiger partial charge < -0.3 is 5.01 Å². The summed E-state index contributed by atoms with van der Waals surface area (Å²) in [6.45, 7) is 4.68. The molecule has 0 spiro atoms. The summed E-state index contributed by atoms with van der Waals surface area (Å²) in [7, 11) is 4.22. The molecule has 0 radical (unpaired) electrons. The molecule has 2 nitrogen and oxygen atoms in total. The molecule has 3 aromatic carbocycles. The van der Waals surface area contributed by atoms with Gasteiger partial charge in [-0.2, -0.15) is 0 Å². The van der Waals surface area contributed by atoms with E-state index in [1.165, 1.54) is 44.1 Å². The standard InChI is InChI=1S/C23H22N2/c1-23(2)17-11-7-5-9-15(17)21-18(23)13-14-20-22(21)16-10-6-8-12-19(16)25(20)24(3)4/h5-14H,1-4H3. The minimum atomic E-state index is 0.0431. The third-order valence-corrected chi connectivity index (χ3v) is 5.76. The monoisotopic (exact) mass is 326 g/mol. The Hall–Kier alpha value is -2.74. The van der Waals surface area contributed by atoms with Crippen LogP contribution in [0.25, 0.3) is 32.9 Å². The Balaban J connectivity index is 2.06. The van der Waals surface area contributed by atoms with Crippen LogP contribution in [-0.4, -0.2) is 18.8 Å². The number of benzene rings is 3. The van der Waals surface area contributed by atoms with E-state index in [0.29, 0.717) is 0 Å². The van der Waals surface area contributed by atoms with Crippen molar-refractivity contribution in [3.05, 3.63) is 71.8 Å². The SMILES string of the molecule is CN(C)n1c2ccccc2c2c3c(ccc21)C(C)(C)c1ccccc1-3. The third kappa shape index (κ3) is 1.69. The zero-order chi connectivity index (χ0) is 17.3. The van der Waals surface area contributed by atoms with Crippen molar-refractivity contribution in [3.8, 4) is 11.1 Å². The molecule has 1 aromatic heterocycles. The Morgan fingerprint density at radius 3 is 2.28 bits per heavy atom. The van der Waals surface area contributed by atoms with Crippen LogP contribution in [0, 0.1) is 0 Å². The number of fused-ring (bicyclic) bond motifs is 7. The molecule has 0 atom stereocenters. The molecular formula is C23H22N2. The van der Waals surface area contributed by atoms with Gasteiger partial charge in [-0.25, -0.2) is 0 Å². The van der Waals surface area contributed by atoms with Gasteiger partial charge in [0.15, 0.2) is 0 Å². The number of rotatable bonds is 1. The first kappa shape index (κ1) is 14.6. The molecule has 1 aliphatic carbocycles. The van der Waals surface area contributed by atoms with Crippen LogP contribution in [0.4, 0.5) is 0 Å². The van der Waals surface area contributed by atoms with Crippen LogP contribution < -0.4 is 5.01 Å². The normalized spacial score (nSPS) is 14.7. The molecule has 124 valence electrons. The fourth-order valence-corrected chi connectivity index (χ4v) is 4.66. The van der Waals surface area contributed by atoms with E-state index in [9.17, 15) is 0 Å². The van der Waals surface area contributed by atoms with Gasteiger partial charge in [0.25, 0.3) is 0 Å². The summed E-state index contributed by atoms with van der Waals surface area (Å²) in [6.07, 6.45) is 0. The molecule has 0 aliphatic heterocycles. The van der Waals surface area contributed by atoms with Gasteiger partial charge in [-0.3, -0.25) is 4.68 Å². The predicted octanol–water partition coefficient (Wildman–Crippen LogP) is 5.30. The number of hydrogen-bond acceptors (Lipinski definition) is 1. The van der Waals surface area contributed by atoms with Crippen molar-refractivity contribution in [1.82, 2.24) is 4.68 Å². The Morgan fingerprint density at radius 2 is 1.48 bits per heavy atom. The Morgan fingerprint density at radius 1 is 0.760 bits per heavy atom. The topological polar surface area (TPSA) is 8.17 Å². The van der Waals surface area contributed by atoms with E-state index in [0.717, 1.165) is 0 Å². The highest BCUT2D eigenvalue weighted by Crippen LogP contribution is 2.52. The van der Waals surface area contributed by atoms with Crippen molar-refractivity contribution in [3.63, 3.8) is 0 Å². The lowest BCUT2D eigenvalue weighted by Crippen LogP contribution is -2.24. The molecule has 5 rings (SSSR count). The van der Waals surface area contributed by atoms with Crippen LogP contribution in [0.2, 0.25) is 0 Å². The highest BCUT2D eigenvalue weighted by molar-refractivity contribution is 6.17. The number of hydrogen-bond donors (Lipinski definition) is 0. The summed E-state index contributed by atoms with van der Waals surface area (Å²) < 4.78 is 2.32. The first-order chi connectivity index (χ1) is 12.0. The lowest BCUT2D eigenvalue weighted by atomic mass is 9.82. The fourth-order valence-electron chi connectivity index (χ4n) is 4.66. The van der Waals surface area contributed by atoms with Gasteiger partial charge in [-0.1, -0.05) is 62.4 Å². The smallest absolute Gasteiger partial charge is 0.0714 e. The summed E-state index contributed by atoms with van der Waals surface area (Å²) in [5.41, 5.74) is 8.24. The molecule has 4 aromatic rings. The molecule has 0 saturated carbocycles.